The fraction of sp³-hybridized carbons (Fsp3) is 0.333. The summed E-state index contributed by atoms with van der Waals surface area (Å²) in [6, 6.07) is 7.41. The predicted molar refractivity (Wildman–Crippen MR) is 104 cm³/mol. The van der Waals surface area contributed by atoms with Gasteiger partial charge in [0.05, 0.1) is 17.4 Å². The number of pyridine rings is 2. The van der Waals surface area contributed by atoms with Crippen molar-refractivity contribution in [3.05, 3.63) is 64.9 Å². The highest BCUT2D eigenvalue weighted by molar-refractivity contribution is 5.94. The second kappa shape index (κ2) is 7.55. The number of carbonyl (C=O) groups is 1. The lowest BCUT2D eigenvalue weighted by Gasteiger charge is -2.24. The van der Waals surface area contributed by atoms with Gasteiger partial charge in [0.15, 0.2) is 0 Å². The number of halogens is 3. The maximum absolute atomic E-state index is 13.0. The maximum Gasteiger partial charge on any atom is 0.433 e. The molecule has 1 atom stereocenters. The Kier molecular flexibility index (Phi) is 5.05. The summed E-state index contributed by atoms with van der Waals surface area (Å²) in [5.74, 6) is -0.215. The van der Waals surface area contributed by atoms with Gasteiger partial charge in [-0.3, -0.25) is 19.4 Å². The number of aryl methyl sites for hydroxylation is 3. The molecule has 30 heavy (non-hydrogen) atoms. The molecule has 1 N–H and O–H groups in total. The number of hydrogen-bond acceptors (Lipinski definition) is 4. The molecule has 0 fully saturated rings. The van der Waals surface area contributed by atoms with Crippen molar-refractivity contribution in [2.45, 2.75) is 45.5 Å². The van der Waals surface area contributed by atoms with E-state index in [0.29, 0.717) is 23.4 Å². The Labute approximate surface area is 171 Å². The molecule has 1 aliphatic rings. The number of amides is 1. The highest BCUT2D eigenvalue weighted by Gasteiger charge is 2.33. The molecular weight excluding hydrogens is 395 g/mol. The van der Waals surface area contributed by atoms with Crippen LogP contribution < -0.4 is 5.32 Å². The van der Waals surface area contributed by atoms with Gasteiger partial charge in [-0.05, 0) is 57.0 Å². The molecule has 0 spiro atoms. The fourth-order valence-corrected chi connectivity index (χ4v) is 3.72. The predicted octanol–water partition coefficient (Wildman–Crippen LogP) is 4.24. The minimum atomic E-state index is -4.52. The van der Waals surface area contributed by atoms with E-state index in [-0.39, 0.29) is 11.9 Å². The van der Waals surface area contributed by atoms with E-state index < -0.39 is 11.9 Å². The van der Waals surface area contributed by atoms with E-state index in [1.165, 1.54) is 6.07 Å². The van der Waals surface area contributed by atoms with Crippen LogP contribution in [0.1, 0.15) is 52.0 Å². The number of nitrogens with zero attached hydrogens (tertiary/aromatic N) is 4. The average molecular weight is 415 g/mol. The van der Waals surface area contributed by atoms with Crippen LogP contribution in [0.4, 0.5) is 13.2 Å². The largest absolute Gasteiger partial charge is 0.433 e. The molecule has 1 amide bonds. The highest BCUT2D eigenvalue weighted by Crippen LogP contribution is 2.32. The van der Waals surface area contributed by atoms with Gasteiger partial charge in [-0.15, -0.1) is 0 Å². The van der Waals surface area contributed by atoms with E-state index >= 15 is 0 Å². The lowest BCUT2D eigenvalue weighted by Crippen LogP contribution is -2.32. The zero-order chi connectivity index (χ0) is 21.5. The minimum Gasteiger partial charge on any atom is -0.344 e. The quantitative estimate of drug-likeness (QED) is 0.695. The smallest absolute Gasteiger partial charge is 0.344 e. The third-order valence-corrected chi connectivity index (χ3v) is 5.03. The van der Waals surface area contributed by atoms with Crippen LogP contribution in [0.25, 0.3) is 11.3 Å². The average Bonchev–Trinajstić information content (AvgIpc) is 3.12. The van der Waals surface area contributed by atoms with Crippen molar-refractivity contribution in [1.29, 1.82) is 0 Å². The van der Waals surface area contributed by atoms with E-state index in [4.69, 9.17) is 0 Å². The molecule has 9 heteroatoms. The Morgan fingerprint density at radius 3 is 2.60 bits per heavy atom. The first kappa shape index (κ1) is 20.1. The van der Waals surface area contributed by atoms with Crippen molar-refractivity contribution >= 4 is 5.91 Å². The molecule has 1 aliphatic heterocycles. The lowest BCUT2D eigenvalue weighted by molar-refractivity contribution is -0.141. The number of nitrogens with one attached hydrogen (secondary N) is 1. The summed E-state index contributed by atoms with van der Waals surface area (Å²) in [7, 11) is 0. The van der Waals surface area contributed by atoms with Crippen molar-refractivity contribution in [3.63, 3.8) is 0 Å². The molecule has 4 rings (SSSR count). The number of hydrogen-bond donors (Lipinski definition) is 1. The van der Waals surface area contributed by atoms with E-state index in [0.717, 1.165) is 42.2 Å². The van der Waals surface area contributed by atoms with Crippen LogP contribution >= 0.6 is 0 Å². The summed E-state index contributed by atoms with van der Waals surface area (Å²) in [6.45, 7) is 4.30. The summed E-state index contributed by atoms with van der Waals surface area (Å²) in [4.78, 5) is 20.4. The Bertz CT molecular complexity index is 1090. The van der Waals surface area contributed by atoms with E-state index in [1.807, 2.05) is 13.8 Å². The van der Waals surface area contributed by atoms with Crippen molar-refractivity contribution < 1.29 is 18.0 Å². The molecule has 0 unspecified atom stereocenters. The van der Waals surface area contributed by atoms with Crippen molar-refractivity contribution in [2.24, 2.45) is 0 Å². The van der Waals surface area contributed by atoms with Gasteiger partial charge >= 0.3 is 6.18 Å². The van der Waals surface area contributed by atoms with Crippen LogP contribution in [-0.2, 0) is 12.7 Å². The van der Waals surface area contributed by atoms with Crippen LogP contribution in [0.5, 0.6) is 0 Å². The molecule has 3 aromatic heterocycles. The number of alkyl halides is 3. The zero-order valence-electron chi connectivity index (χ0n) is 16.5. The molecule has 0 saturated heterocycles. The Hall–Kier alpha value is -3.23. The third kappa shape index (κ3) is 4.05. The highest BCUT2D eigenvalue weighted by atomic mass is 19.4. The second-order valence-corrected chi connectivity index (χ2v) is 7.41. The number of aromatic nitrogens is 4. The molecule has 156 valence electrons. The topological polar surface area (TPSA) is 72.7 Å². The van der Waals surface area contributed by atoms with E-state index in [9.17, 15) is 18.0 Å². The van der Waals surface area contributed by atoms with Gasteiger partial charge < -0.3 is 5.32 Å². The molecule has 6 nitrogen and oxygen atoms in total. The van der Waals surface area contributed by atoms with Gasteiger partial charge in [0.1, 0.15) is 5.69 Å². The standard InChI is InChI=1S/C21H20F3N5O/c1-12-8-15(9-13(2)26-12)20(30)27-16-4-3-7-29-18(16)11-17(28-29)14-5-6-25-19(10-14)21(22,23)24/h5-6,8-11,16H,3-4,7H2,1-2H3,(H,27,30)/t16-/m1/s1. The number of rotatable bonds is 3. The van der Waals surface area contributed by atoms with Gasteiger partial charge in [-0.2, -0.15) is 18.3 Å². The van der Waals surface area contributed by atoms with Gasteiger partial charge in [0.2, 0.25) is 0 Å². The van der Waals surface area contributed by atoms with Crippen LogP contribution in [0.3, 0.4) is 0 Å². The van der Waals surface area contributed by atoms with Crippen molar-refractivity contribution in [2.75, 3.05) is 0 Å². The molecule has 3 aromatic rings. The van der Waals surface area contributed by atoms with Crippen LogP contribution in [-0.4, -0.2) is 25.7 Å². The molecule has 0 aromatic carbocycles. The van der Waals surface area contributed by atoms with Crippen LogP contribution in [0.2, 0.25) is 0 Å². The SMILES string of the molecule is Cc1cc(C(=O)N[C@@H]2CCCn3nc(-c4ccnc(C(F)(F)F)c4)cc32)cc(C)n1. The summed E-state index contributed by atoms with van der Waals surface area (Å²) in [5.41, 5.74) is 2.63. The number of fused-ring (bicyclic) bond motifs is 1. The summed E-state index contributed by atoms with van der Waals surface area (Å²) in [5, 5.41) is 7.49. The molecular formula is C21H20F3N5O. The fourth-order valence-electron chi connectivity index (χ4n) is 3.72. The van der Waals surface area contributed by atoms with Gasteiger partial charge in [0, 0.05) is 35.3 Å². The van der Waals surface area contributed by atoms with Gasteiger partial charge in [-0.25, -0.2) is 0 Å². The Morgan fingerprint density at radius 1 is 1.17 bits per heavy atom. The number of carbonyl (C=O) groups excluding carboxylic acids is 1. The first-order valence-electron chi connectivity index (χ1n) is 9.58. The van der Waals surface area contributed by atoms with Crippen LogP contribution in [0, 0.1) is 13.8 Å². The van der Waals surface area contributed by atoms with E-state index in [2.05, 4.69) is 20.4 Å². The molecule has 0 radical (unpaired) electrons. The second-order valence-electron chi connectivity index (χ2n) is 7.41. The van der Waals surface area contributed by atoms with Crippen molar-refractivity contribution in [1.82, 2.24) is 25.1 Å². The normalized spacial score (nSPS) is 16.2. The maximum atomic E-state index is 13.0. The monoisotopic (exact) mass is 415 g/mol. The molecule has 0 saturated carbocycles. The van der Waals surface area contributed by atoms with E-state index in [1.54, 1.807) is 22.9 Å². The Balaban J connectivity index is 1.61. The molecule has 0 aliphatic carbocycles. The van der Waals surface area contributed by atoms with Gasteiger partial charge in [-0.1, -0.05) is 0 Å². The summed E-state index contributed by atoms with van der Waals surface area (Å²) < 4.78 is 40.7. The first-order chi connectivity index (χ1) is 14.2. The van der Waals surface area contributed by atoms with Crippen molar-refractivity contribution in [3.8, 4) is 11.3 Å². The lowest BCUT2D eigenvalue weighted by atomic mass is 10.0. The summed E-state index contributed by atoms with van der Waals surface area (Å²) in [6.07, 6.45) is -1.86. The van der Waals surface area contributed by atoms with Gasteiger partial charge in [0.25, 0.3) is 5.91 Å². The minimum absolute atomic E-state index is 0.215. The van der Waals surface area contributed by atoms with Crippen LogP contribution in [0.15, 0.2) is 36.5 Å². The third-order valence-electron chi connectivity index (χ3n) is 5.03. The zero-order valence-corrected chi connectivity index (χ0v) is 16.5. The Morgan fingerprint density at radius 2 is 1.90 bits per heavy atom. The molecule has 4 heterocycles. The molecule has 0 bridgehead atoms. The first-order valence-corrected chi connectivity index (χ1v) is 9.58. The summed E-state index contributed by atoms with van der Waals surface area (Å²) >= 11 is 0.